The molecule has 0 heterocycles. The maximum absolute atomic E-state index is 13.8. The van der Waals surface area contributed by atoms with Crippen LogP contribution in [0.5, 0.6) is 5.75 Å². The minimum absolute atomic E-state index is 0.257. The molecule has 0 unspecified atom stereocenters. The van der Waals surface area contributed by atoms with E-state index < -0.39 is 0 Å². The van der Waals surface area contributed by atoms with Gasteiger partial charge in [-0.05, 0) is 30.5 Å². The number of rotatable bonds is 5. The fraction of sp³-hybridized carbons (Fsp3) is 0.200. The average Bonchev–Trinajstić information content (AvgIpc) is 2.46. The van der Waals surface area contributed by atoms with Gasteiger partial charge in [-0.3, -0.25) is 0 Å². The number of benzene rings is 2. The van der Waals surface area contributed by atoms with Crippen LogP contribution in [0.15, 0.2) is 47.4 Å². The number of anilines is 1. The number of halogens is 1. The van der Waals surface area contributed by atoms with Gasteiger partial charge in [-0.1, -0.05) is 12.1 Å². The van der Waals surface area contributed by atoms with Crippen LogP contribution in [0.25, 0.3) is 0 Å². The predicted octanol–water partition coefficient (Wildman–Crippen LogP) is 4.17. The van der Waals surface area contributed by atoms with E-state index in [1.807, 2.05) is 30.5 Å². The zero-order valence-electron chi connectivity index (χ0n) is 10.9. The number of methoxy groups -OCH3 is 1. The number of ether oxygens (including phenoxy) is 1. The van der Waals surface area contributed by atoms with Crippen molar-refractivity contribution >= 4 is 17.4 Å². The Balaban J connectivity index is 2.05. The molecule has 0 aliphatic rings. The van der Waals surface area contributed by atoms with Crippen molar-refractivity contribution in [2.24, 2.45) is 0 Å². The minimum atomic E-state index is -0.257. The van der Waals surface area contributed by atoms with Crippen molar-refractivity contribution in [3.63, 3.8) is 0 Å². The summed E-state index contributed by atoms with van der Waals surface area (Å²) < 4.78 is 18.7. The predicted molar refractivity (Wildman–Crippen MR) is 78.5 cm³/mol. The molecule has 0 aromatic heterocycles. The van der Waals surface area contributed by atoms with Gasteiger partial charge in [0.25, 0.3) is 0 Å². The fourth-order valence-electron chi connectivity index (χ4n) is 1.73. The Morgan fingerprint density at radius 2 is 2.05 bits per heavy atom. The van der Waals surface area contributed by atoms with Crippen LogP contribution in [0, 0.1) is 5.82 Å². The summed E-state index contributed by atoms with van der Waals surface area (Å²) in [6, 6.07) is 12.9. The maximum atomic E-state index is 13.8. The molecule has 2 rings (SSSR count). The maximum Gasteiger partial charge on any atom is 0.131 e. The van der Waals surface area contributed by atoms with Crippen molar-refractivity contribution < 1.29 is 9.13 Å². The molecule has 0 atom stereocenters. The highest BCUT2D eigenvalue weighted by Gasteiger charge is 2.04. The first-order valence-corrected chi connectivity index (χ1v) is 7.15. The van der Waals surface area contributed by atoms with Crippen LogP contribution in [0.1, 0.15) is 5.56 Å². The van der Waals surface area contributed by atoms with Gasteiger partial charge >= 0.3 is 0 Å². The summed E-state index contributed by atoms with van der Waals surface area (Å²) in [7, 11) is 1.53. The lowest BCUT2D eigenvalue weighted by Gasteiger charge is -2.09. The molecule has 0 saturated heterocycles. The molecular formula is C15H16FNOS. The second-order valence-corrected chi connectivity index (χ2v) is 4.92. The van der Waals surface area contributed by atoms with E-state index in [0.717, 1.165) is 5.69 Å². The summed E-state index contributed by atoms with van der Waals surface area (Å²) >= 11 is 1.68. The fourth-order valence-corrected chi connectivity index (χ4v) is 2.19. The van der Waals surface area contributed by atoms with E-state index in [9.17, 15) is 4.39 Å². The number of nitrogens with one attached hydrogen (secondary N) is 1. The Hall–Kier alpha value is -1.68. The van der Waals surface area contributed by atoms with Crippen LogP contribution in [0.2, 0.25) is 0 Å². The lowest BCUT2D eigenvalue weighted by Crippen LogP contribution is -2.02. The summed E-state index contributed by atoms with van der Waals surface area (Å²) in [4.78, 5) is 1.18. The number of hydrogen-bond donors (Lipinski definition) is 1. The Kier molecular flexibility index (Phi) is 4.68. The molecule has 4 heteroatoms. The van der Waals surface area contributed by atoms with Crippen LogP contribution < -0.4 is 10.1 Å². The monoisotopic (exact) mass is 277 g/mol. The molecular weight excluding hydrogens is 261 g/mol. The summed E-state index contributed by atoms with van der Waals surface area (Å²) in [5, 5.41) is 3.22. The van der Waals surface area contributed by atoms with Crippen LogP contribution in [0.4, 0.5) is 10.1 Å². The minimum Gasteiger partial charge on any atom is -0.497 e. The largest absolute Gasteiger partial charge is 0.497 e. The summed E-state index contributed by atoms with van der Waals surface area (Å²) in [5.41, 5.74) is 1.61. The molecule has 0 amide bonds. The highest BCUT2D eigenvalue weighted by molar-refractivity contribution is 7.98. The van der Waals surface area contributed by atoms with E-state index in [1.165, 1.54) is 18.1 Å². The smallest absolute Gasteiger partial charge is 0.131 e. The van der Waals surface area contributed by atoms with Gasteiger partial charge in [-0.2, -0.15) is 0 Å². The average molecular weight is 277 g/mol. The van der Waals surface area contributed by atoms with E-state index in [4.69, 9.17) is 4.74 Å². The van der Waals surface area contributed by atoms with Crippen molar-refractivity contribution in [3.8, 4) is 5.75 Å². The zero-order valence-corrected chi connectivity index (χ0v) is 11.8. The summed E-state index contributed by atoms with van der Waals surface area (Å²) in [5.74, 6) is 0.276. The normalized spacial score (nSPS) is 10.3. The molecule has 0 aliphatic heterocycles. The van der Waals surface area contributed by atoms with E-state index in [2.05, 4.69) is 5.32 Å². The number of thioether (sulfide) groups is 1. The molecule has 2 aromatic carbocycles. The van der Waals surface area contributed by atoms with E-state index in [1.54, 1.807) is 23.9 Å². The SMILES string of the molecule is COc1ccc(CNc2cccc(SC)c2)c(F)c1. The molecule has 100 valence electrons. The van der Waals surface area contributed by atoms with Crippen molar-refractivity contribution in [1.82, 2.24) is 0 Å². The van der Waals surface area contributed by atoms with Gasteiger partial charge in [-0.15, -0.1) is 11.8 Å². The van der Waals surface area contributed by atoms with Gasteiger partial charge in [0.15, 0.2) is 0 Å². The van der Waals surface area contributed by atoms with Crippen molar-refractivity contribution in [3.05, 3.63) is 53.8 Å². The molecule has 0 radical (unpaired) electrons. The van der Waals surface area contributed by atoms with Crippen molar-refractivity contribution in [2.45, 2.75) is 11.4 Å². The first-order valence-electron chi connectivity index (χ1n) is 5.93. The van der Waals surface area contributed by atoms with Gasteiger partial charge in [-0.25, -0.2) is 4.39 Å². The number of hydrogen-bond acceptors (Lipinski definition) is 3. The highest BCUT2D eigenvalue weighted by Crippen LogP contribution is 2.21. The van der Waals surface area contributed by atoms with Crippen molar-refractivity contribution in [2.75, 3.05) is 18.7 Å². The third kappa shape index (κ3) is 3.64. The lowest BCUT2D eigenvalue weighted by molar-refractivity contribution is 0.411. The Bertz CT molecular complexity index is 560. The molecule has 0 saturated carbocycles. The van der Waals surface area contributed by atoms with Gasteiger partial charge in [0, 0.05) is 28.8 Å². The molecule has 0 fully saturated rings. The standard InChI is InChI=1S/C15H16FNOS/c1-18-13-7-6-11(15(16)9-13)10-17-12-4-3-5-14(8-12)19-2/h3-9,17H,10H2,1-2H3. The summed E-state index contributed by atoms with van der Waals surface area (Å²) in [6.45, 7) is 0.452. The second kappa shape index (κ2) is 6.48. The summed E-state index contributed by atoms with van der Waals surface area (Å²) in [6.07, 6.45) is 2.03. The van der Waals surface area contributed by atoms with E-state index in [-0.39, 0.29) is 5.82 Å². The molecule has 0 bridgehead atoms. The van der Waals surface area contributed by atoms with Gasteiger partial charge < -0.3 is 10.1 Å². The van der Waals surface area contributed by atoms with Gasteiger partial charge in [0.2, 0.25) is 0 Å². The van der Waals surface area contributed by atoms with Gasteiger partial charge in [0.05, 0.1) is 7.11 Å². The van der Waals surface area contributed by atoms with Gasteiger partial charge in [0.1, 0.15) is 11.6 Å². The Morgan fingerprint density at radius 1 is 1.21 bits per heavy atom. The Morgan fingerprint density at radius 3 is 2.74 bits per heavy atom. The molecule has 2 aromatic rings. The lowest BCUT2D eigenvalue weighted by atomic mass is 10.2. The van der Waals surface area contributed by atoms with Crippen LogP contribution in [0.3, 0.4) is 0 Å². The molecule has 1 N–H and O–H groups in total. The molecule has 19 heavy (non-hydrogen) atoms. The van der Waals surface area contributed by atoms with Crippen molar-refractivity contribution in [1.29, 1.82) is 0 Å². The van der Waals surface area contributed by atoms with E-state index in [0.29, 0.717) is 17.9 Å². The highest BCUT2D eigenvalue weighted by atomic mass is 32.2. The van der Waals surface area contributed by atoms with Crippen LogP contribution >= 0.6 is 11.8 Å². The molecule has 2 nitrogen and oxygen atoms in total. The zero-order chi connectivity index (χ0) is 13.7. The third-order valence-electron chi connectivity index (χ3n) is 2.81. The Labute approximate surface area is 117 Å². The van der Waals surface area contributed by atoms with Crippen LogP contribution in [-0.4, -0.2) is 13.4 Å². The molecule has 0 aliphatic carbocycles. The van der Waals surface area contributed by atoms with E-state index >= 15 is 0 Å². The quantitative estimate of drug-likeness (QED) is 0.829. The first kappa shape index (κ1) is 13.7. The third-order valence-corrected chi connectivity index (χ3v) is 3.54. The topological polar surface area (TPSA) is 21.3 Å². The van der Waals surface area contributed by atoms with Crippen LogP contribution in [-0.2, 0) is 6.54 Å². The first-order chi connectivity index (χ1) is 9.22. The molecule has 0 spiro atoms. The second-order valence-electron chi connectivity index (χ2n) is 4.04.